The van der Waals surface area contributed by atoms with Crippen molar-refractivity contribution in [3.8, 4) is 5.69 Å². The number of hydrogen-bond acceptors (Lipinski definition) is 5. The molecule has 0 aliphatic rings. The van der Waals surface area contributed by atoms with Crippen molar-refractivity contribution in [1.82, 2.24) is 14.8 Å². The highest BCUT2D eigenvalue weighted by Gasteiger charge is 2.15. The first-order chi connectivity index (χ1) is 10.0. The third kappa shape index (κ3) is 3.56. The summed E-state index contributed by atoms with van der Waals surface area (Å²) < 4.78 is 19.7. The number of benzene rings is 1. The van der Waals surface area contributed by atoms with E-state index < -0.39 is 11.8 Å². The van der Waals surface area contributed by atoms with Gasteiger partial charge in [-0.2, -0.15) is 5.10 Å². The van der Waals surface area contributed by atoms with E-state index in [9.17, 15) is 9.18 Å². The molecule has 0 saturated carbocycles. The minimum atomic E-state index is -0.570. The van der Waals surface area contributed by atoms with Gasteiger partial charge in [0.2, 0.25) is 0 Å². The lowest BCUT2D eigenvalue weighted by Gasteiger charge is -2.04. The molecule has 21 heavy (non-hydrogen) atoms. The molecular weight excluding hydrogens is 299 g/mol. The summed E-state index contributed by atoms with van der Waals surface area (Å²) in [4.78, 5) is 15.6. The van der Waals surface area contributed by atoms with Gasteiger partial charge in [0.1, 0.15) is 18.1 Å². The molecule has 1 aromatic carbocycles. The lowest BCUT2D eigenvalue weighted by molar-refractivity contribution is -0.142. The quantitative estimate of drug-likeness (QED) is 0.848. The summed E-state index contributed by atoms with van der Waals surface area (Å²) in [5, 5.41) is 4.17. The number of carbonyl (C=O) groups excluding carboxylic acids is 1. The third-order valence-electron chi connectivity index (χ3n) is 2.66. The van der Waals surface area contributed by atoms with Crippen LogP contribution < -0.4 is 5.73 Å². The maximum absolute atomic E-state index is 13.5. The predicted octanol–water partition coefficient (Wildman–Crippen LogP) is 1.62. The zero-order valence-corrected chi connectivity index (χ0v) is 12.1. The maximum Gasteiger partial charge on any atom is 0.313 e. The maximum atomic E-state index is 13.5. The van der Waals surface area contributed by atoms with Gasteiger partial charge in [-0.1, -0.05) is 11.6 Å². The van der Waals surface area contributed by atoms with Gasteiger partial charge >= 0.3 is 5.97 Å². The summed E-state index contributed by atoms with van der Waals surface area (Å²) in [6, 6.07) is 4.23. The van der Waals surface area contributed by atoms with Crippen LogP contribution in [0, 0.1) is 5.82 Å². The molecule has 0 saturated heterocycles. The zero-order chi connectivity index (χ0) is 15.4. The van der Waals surface area contributed by atoms with Crippen molar-refractivity contribution in [2.45, 2.75) is 19.9 Å². The van der Waals surface area contributed by atoms with Gasteiger partial charge in [0.25, 0.3) is 0 Å². The summed E-state index contributed by atoms with van der Waals surface area (Å²) in [6.45, 7) is 2.09. The smallest absolute Gasteiger partial charge is 0.313 e. The number of esters is 1. The molecule has 0 radical (unpaired) electrons. The summed E-state index contributed by atoms with van der Waals surface area (Å²) in [5.74, 6) is -0.319. The van der Waals surface area contributed by atoms with Crippen LogP contribution in [-0.4, -0.2) is 27.3 Å². The molecule has 0 amide bonds. The van der Waals surface area contributed by atoms with Crippen molar-refractivity contribution >= 4 is 17.6 Å². The lowest BCUT2D eigenvalue weighted by atomic mass is 10.3. The van der Waals surface area contributed by atoms with E-state index >= 15 is 0 Å². The van der Waals surface area contributed by atoms with Crippen LogP contribution in [0.15, 0.2) is 18.2 Å². The van der Waals surface area contributed by atoms with Gasteiger partial charge in [-0.25, -0.2) is 14.1 Å². The molecule has 2 N–H and O–H groups in total. The fourth-order valence-corrected chi connectivity index (χ4v) is 1.88. The fourth-order valence-electron chi connectivity index (χ4n) is 1.76. The highest BCUT2D eigenvalue weighted by Crippen LogP contribution is 2.19. The number of carbonyl (C=O) groups is 1. The van der Waals surface area contributed by atoms with Crippen LogP contribution in [-0.2, 0) is 22.5 Å². The van der Waals surface area contributed by atoms with Crippen molar-refractivity contribution in [3.63, 3.8) is 0 Å². The van der Waals surface area contributed by atoms with Gasteiger partial charge < -0.3 is 10.5 Å². The van der Waals surface area contributed by atoms with Gasteiger partial charge in [-0.05, 0) is 19.1 Å². The summed E-state index contributed by atoms with van der Waals surface area (Å²) in [6.07, 6.45) is -0.0656. The number of halogens is 2. The Balaban J connectivity index is 2.32. The molecule has 112 valence electrons. The van der Waals surface area contributed by atoms with Crippen molar-refractivity contribution in [2.75, 3.05) is 6.61 Å². The largest absolute Gasteiger partial charge is 0.466 e. The van der Waals surface area contributed by atoms with E-state index in [0.717, 1.165) is 0 Å². The Labute approximate surface area is 125 Å². The molecule has 0 atom stereocenters. The third-order valence-corrected chi connectivity index (χ3v) is 2.96. The molecule has 0 fully saturated rings. The second kappa shape index (κ2) is 6.64. The Morgan fingerprint density at radius 2 is 2.29 bits per heavy atom. The van der Waals surface area contributed by atoms with Gasteiger partial charge in [-0.3, -0.25) is 4.79 Å². The highest BCUT2D eigenvalue weighted by atomic mass is 35.5. The first-order valence-corrected chi connectivity index (χ1v) is 6.68. The second-order valence-electron chi connectivity index (χ2n) is 4.14. The van der Waals surface area contributed by atoms with Crippen molar-refractivity contribution < 1.29 is 13.9 Å². The van der Waals surface area contributed by atoms with Gasteiger partial charge in [-0.15, -0.1) is 0 Å². The van der Waals surface area contributed by atoms with Crippen molar-refractivity contribution in [2.24, 2.45) is 5.73 Å². The number of aromatic nitrogens is 3. The Morgan fingerprint density at radius 1 is 1.52 bits per heavy atom. The number of rotatable bonds is 5. The average Bonchev–Trinajstić information content (AvgIpc) is 2.85. The van der Waals surface area contributed by atoms with Crippen LogP contribution in [0.2, 0.25) is 5.02 Å². The van der Waals surface area contributed by atoms with Gasteiger partial charge in [0, 0.05) is 6.07 Å². The lowest BCUT2D eigenvalue weighted by Crippen LogP contribution is -2.09. The highest BCUT2D eigenvalue weighted by molar-refractivity contribution is 6.30. The average molecular weight is 313 g/mol. The number of nitrogens with two attached hydrogens (primary N) is 1. The van der Waals surface area contributed by atoms with Crippen LogP contribution in [0.25, 0.3) is 5.69 Å². The van der Waals surface area contributed by atoms with Crippen LogP contribution in [0.3, 0.4) is 0 Å². The van der Waals surface area contributed by atoms with Crippen LogP contribution in [0.4, 0.5) is 4.39 Å². The SMILES string of the molecule is CCOC(=O)Cc1nc(CN)n(-c2ccc(Cl)c(F)c2)n1. The zero-order valence-electron chi connectivity index (χ0n) is 11.3. The Morgan fingerprint density at radius 3 is 2.90 bits per heavy atom. The Kier molecular flexibility index (Phi) is 4.87. The van der Waals surface area contributed by atoms with E-state index in [1.807, 2.05) is 0 Å². The van der Waals surface area contributed by atoms with E-state index in [1.165, 1.54) is 16.8 Å². The summed E-state index contributed by atoms with van der Waals surface area (Å²) in [5.41, 5.74) is 6.03. The normalized spacial score (nSPS) is 10.7. The van der Waals surface area contributed by atoms with E-state index in [2.05, 4.69) is 10.1 Å². The first-order valence-electron chi connectivity index (χ1n) is 6.31. The molecule has 0 aliphatic carbocycles. The number of ether oxygens (including phenoxy) is 1. The minimum absolute atomic E-state index is 0.0138. The van der Waals surface area contributed by atoms with Crippen molar-refractivity contribution in [3.05, 3.63) is 40.7 Å². The molecule has 0 unspecified atom stereocenters. The number of nitrogens with zero attached hydrogens (tertiary/aromatic N) is 3. The van der Waals surface area contributed by atoms with E-state index in [-0.39, 0.29) is 30.4 Å². The van der Waals surface area contributed by atoms with E-state index in [4.69, 9.17) is 22.1 Å². The molecule has 6 nitrogen and oxygen atoms in total. The molecule has 1 aromatic heterocycles. The molecule has 0 aliphatic heterocycles. The minimum Gasteiger partial charge on any atom is -0.466 e. The molecule has 2 rings (SSSR count). The number of hydrogen-bond donors (Lipinski definition) is 1. The monoisotopic (exact) mass is 312 g/mol. The summed E-state index contributed by atoms with van der Waals surface area (Å²) in [7, 11) is 0. The Bertz CT molecular complexity index is 660. The van der Waals surface area contributed by atoms with Crippen LogP contribution in [0.5, 0.6) is 0 Å². The predicted molar refractivity (Wildman–Crippen MR) is 74.6 cm³/mol. The van der Waals surface area contributed by atoms with Crippen LogP contribution in [0.1, 0.15) is 18.6 Å². The standard InChI is InChI=1S/C13H14ClFN4O2/c1-2-21-13(20)6-11-17-12(7-16)19(18-11)8-3-4-9(14)10(15)5-8/h3-5H,2,6-7,16H2,1H3. The fraction of sp³-hybridized carbons (Fsp3) is 0.308. The van der Waals surface area contributed by atoms with E-state index in [0.29, 0.717) is 11.5 Å². The topological polar surface area (TPSA) is 83.0 Å². The molecule has 8 heteroatoms. The molecule has 1 heterocycles. The molecular formula is C13H14ClFN4O2. The van der Waals surface area contributed by atoms with Crippen molar-refractivity contribution in [1.29, 1.82) is 0 Å². The molecule has 2 aromatic rings. The molecule has 0 spiro atoms. The Hall–Kier alpha value is -1.99. The van der Waals surface area contributed by atoms with Crippen LogP contribution >= 0.6 is 11.6 Å². The van der Waals surface area contributed by atoms with Gasteiger partial charge in [0.05, 0.1) is 23.9 Å². The van der Waals surface area contributed by atoms with Gasteiger partial charge in [0.15, 0.2) is 5.82 Å². The van der Waals surface area contributed by atoms with E-state index in [1.54, 1.807) is 13.0 Å². The molecule has 0 bridgehead atoms. The first kappa shape index (κ1) is 15.4. The summed E-state index contributed by atoms with van der Waals surface area (Å²) >= 11 is 5.64. The second-order valence-corrected chi connectivity index (χ2v) is 4.55.